The van der Waals surface area contributed by atoms with Crippen molar-refractivity contribution in [3.8, 4) is 6.07 Å². The first-order chi connectivity index (χ1) is 8.56. The van der Waals surface area contributed by atoms with E-state index in [2.05, 4.69) is 28.9 Å². The first-order valence-electron chi connectivity index (χ1n) is 6.40. The van der Waals surface area contributed by atoms with Crippen LogP contribution in [-0.4, -0.2) is 0 Å². The molecule has 0 amide bonds. The third-order valence-electron chi connectivity index (χ3n) is 3.89. The summed E-state index contributed by atoms with van der Waals surface area (Å²) in [6.07, 6.45) is 4.80. The Hall–Kier alpha value is -0.880. The van der Waals surface area contributed by atoms with Gasteiger partial charge in [0.25, 0.3) is 0 Å². The van der Waals surface area contributed by atoms with Gasteiger partial charge in [-0.15, -0.1) is 0 Å². The monoisotopic (exact) mass is 309 g/mol. The molecule has 1 aliphatic carbocycles. The highest BCUT2D eigenvalue weighted by molar-refractivity contribution is 9.10. The molecule has 0 saturated heterocycles. The van der Waals surface area contributed by atoms with Gasteiger partial charge in [0.1, 0.15) is 5.82 Å². The largest absolute Gasteiger partial charge is 0.206 e. The molecular weight excluding hydrogens is 293 g/mol. The van der Waals surface area contributed by atoms with Gasteiger partial charge in [0.05, 0.1) is 16.0 Å². The number of rotatable bonds is 2. The van der Waals surface area contributed by atoms with Gasteiger partial charge in [-0.3, -0.25) is 0 Å². The van der Waals surface area contributed by atoms with Crippen molar-refractivity contribution in [3.63, 3.8) is 0 Å². The van der Waals surface area contributed by atoms with E-state index in [4.69, 9.17) is 0 Å². The van der Waals surface area contributed by atoms with Gasteiger partial charge in [-0.1, -0.05) is 31.9 Å². The molecule has 2 unspecified atom stereocenters. The maximum Gasteiger partial charge on any atom is 0.137 e. The number of hydrogen-bond donors (Lipinski definition) is 0. The maximum absolute atomic E-state index is 13.5. The predicted molar refractivity (Wildman–Crippen MR) is 73.5 cm³/mol. The Kier molecular flexibility index (Phi) is 4.07. The second-order valence-corrected chi connectivity index (χ2v) is 6.28. The first kappa shape index (κ1) is 13.5. The van der Waals surface area contributed by atoms with Crippen LogP contribution in [0.15, 0.2) is 22.7 Å². The summed E-state index contributed by atoms with van der Waals surface area (Å²) >= 11 is 3.29. The lowest BCUT2D eigenvalue weighted by atomic mass is 9.68. The van der Waals surface area contributed by atoms with Crippen LogP contribution in [0.2, 0.25) is 0 Å². The summed E-state index contributed by atoms with van der Waals surface area (Å²) in [5.74, 6) is 0.343. The van der Waals surface area contributed by atoms with Crippen LogP contribution in [0.3, 0.4) is 0 Å². The van der Waals surface area contributed by atoms with Crippen LogP contribution in [0.5, 0.6) is 0 Å². The van der Waals surface area contributed by atoms with Gasteiger partial charge in [-0.25, -0.2) is 4.39 Å². The van der Waals surface area contributed by atoms with Crippen molar-refractivity contribution < 1.29 is 4.39 Å². The molecule has 0 radical (unpaired) electrons. The fourth-order valence-corrected chi connectivity index (χ4v) is 3.42. The smallest absolute Gasteiger partial charge is 0.137 e. The van der Waals surface area contributed by atoms with E-state index in [1.807, 2.05) is 6.07 Å². The molecule has 0 spiro atoms. The summed E-state index contributed by atoms with van der Waals surface area (Å²) in [7, 11) is 0. The molecule has 1 saturated carbocycles. The SMILES string of the molecule is CC1CCCC(C#N)(Cc2cccc(F)c2Br)C1. The van der Waals surface area contributed by atoms with Crippen molar-refractivity contribution in [2.45, 2.75) is 39.0 Å². The molecule has 0 bridgehead atoms. The van der Waals surface area contributed by atoms with E-state index in [1.165, 1.54) is 12.5 Å². The average molecular weight is 310 g/mol. The molecule has 1 aromatic carbocycles. The number of halogens is 2. The van der Waals surface area contributed by atoms with E-state index < -0.39 is 0 Å². The van der Waals surface area contributed by atoms with Crippen molar-refractivity contribution in [1.82, 2.24) is 0 Å². The highest BCUT2D eigenvalue weighted by Gasteiger charge is 2.35. The third kappa shape index (κ3) is 2.75. The Labute approximate surface area is 116 Å². The maximum atomic E-state index is 13.5. The van der Waals surface area contributed by atoms with Crippen LogP contribution < -0.4 is 0 Å². The van der Waals surface area contributed by atoms with Gasteiger partial charge >= 0.3 is 0 Å². The topological polar surface area (TPSA) is 23.8 Å². The number of nitriles is 1. The fraction of sp³-hybridized carbons (Fsp3) is 0.533. The van der Waals surface area contributed by atoms with Crippen molar-refractivity contribution in [3.05, 3.63) is 34.1 Å². The molecule has 18 heavy (non-hydrogen) atoms. The predicted octanol–water partition coefficient (Wildman–Crippen LogP) is 4.85. The minimum atomic E-state index is -0.312. The Morgan fingerprint density at radius 1 is 1.56 bits per heavy atom. The summed E-state index contributed by atoms with van der Waals surface area (Å²) in [4.78, 5) is 0. The molecule has 1 nitrogen and oxygen atoms in total. The minimum Gasteiger partial charge on any atom is -0.206 e. The van der Waals surface area contributed by atoms with E-state index in [9.17, 15) is 9.65 Å². The second kappa shape index (κ2) is 5.40. The molecule has 0 aliphatic heterocycles. The molecular formula is C15H17BrFN. The zero-order chi connectivity index (χ0) is 13.2. The summed E-state index contributed by atoms with van der Waals surface area (Å²) in [6.45, 7) is 2.20. The van der Waals surface area contributed by atoms with Crippen LogP contribution >= 0.6 is 15.9 Å². The van der Waals surface area contributed by atoms with E-state index >= 15 is 0 Å². The second-order valence-electron chi connectivity index (χ2n) is 5.48. The van der Waals surface area contributed by atoms with Crippen LogP contribution in [0.25, 0.3) is 0 Å². The van der Waals surface area contributed by atoms with Crippen LogP contribution in [0.1, 0.15) is 38.2 Å². The van der Waals surface area contributed by atoms with Crippen molar-refractivity contribution in [2.24, 2.45) is 11.3 Å². The van der Waals surface area contributed by atoms with Gasteiger partial charge in [0.15, 0.2) is 0 Å². The summed E-state index contributed by atoms with van der Waals surface area (Å²) in [5.41, 5.74) is 0.596. The molecule has 96 valence electrons. The molecule has 1 fully saturated rings. The zero-order valence-electron chi connectivity index (χ0n) is 10.5. The number of hydrogen-bond acceptors (Lipinski definition) is 1. The summed E-state index contributed by atoms with van der Waals surface area (Å²) in [5, 5.41) is 9.52. The highest BCUT2D eigenvalue weighted by Crippen LogP contribution is 2.42. The molecule has 2 atom stereocenters. The number of nitrogens with zero attached hydrogens (tertiary/aromatic N) is 1. The molecule has 0 aromatic heterocycles. The van der Waals surface area contributed by atoms with Crippen molar-refractivity contribution >= 4 is 15.9 Å². The van der Waals surface area contributed by atoms with E-state index in [1.54, 1.807) is 6.07 Å². The standard InChI is InChI=1S/C15H17BrFN/c1-11-4-3-7-15(8-11,10-18)9-12-5-2-6-13(17)14(12)16/h2,5-6,11H,3-4,7-9H2,1H3. The zero-order valence-corrected chi connectivity index (χ0v) is 12.1. The van der Waals surface area contributed by atoms with E-state index in [0.717, 1.165) is 24.8 Å². The fourth-order valence-electron chi connectivity index (χ4n) is 3.01. The Bertz CT molecular complexity index is 480. The van der Waals surface area contributed by atoms with Crippen LogP contribution in [-0.2, 0) is 6.42 Å². The molecule has 0 N–H and O–H groups in total. The molecule has 2 rings (SSSR count). The minimum absolute atomic E-state index is 0.246. The first-order valence-corrected chi connectivity index (χ1v) is 7.20. The van der Waals surface area contributed by atoms with Crippen molar-refractivity contribution in [2.75, 3.05) is 0 Å². The lowest BCUT2D eigenvalue weighted by Gasteiger charge is -2.34. The normalized spacial score (nSPS) is 27.8. The molecule has 1 aromatic rings. The number of benzene rings is 1. The quantitative estimate of drug-likeness (QED) is 0.766. The average Bonchev–Trinajstić information content (AvgIpc) is 2.35. The van der Waals surface area contributed by atoms with Gasteiger partial charge in [-0.2, -0.15) is 5.26 Å². The van der Waals surface area contributed by atoms with Crippen LogP contribution in [0, 0.1) is 28.5 Å². The van der Waals surface area contributed by atoms with Gasteiger partial charge in [0.2, 0.25) is 0 Å². The van der Waals surface area contributed by atoms with Crippen LogP contribution in [0.4, 0.5) is 4.39 Å². The lowest BCUT2D eigenvalue weighted by molar-refractivity contribution is 0.209. The Balaban J connectivity index is 2.25. The van der Waals surface area contributed by atoms with Gasteiger partial charge in [0, 0.05) is 0 Å². The van der Waals surface area contributed by atoms with Gasteiger partial charge in [-0.05, 0) is 52.7 Å². The highest BCUT2D eigenvalue weighted by atomic mass is 79.9. The van der Waals surface area contributed by atoms with Gasteiger partial charge < -0.3 is 0 Å². The Morgan fingerprint density at radius 3 is 3.00 bits per heavy atom. The summed E-state index contributed by atoms with van der Waals surface area (Å²) < 4.78 is 14.0. The van der Waals surface area contributed by atoms with Crippen molar-refractivity contribution in [1.29, 1.82) is 5.26 Å². The van der Waals surface area contributed by atoms with E-state index in [0.29, 0.717) is 16.8 Å². The molecule has 0 heterocycles. The molecule has 1 aliphatic rings. The molecule has 3 heteroatoms. The third-order valence-corrected chi connectivity index (χ3v) is 4.78. The summed E-state index contributed by atoms with van der Waals surface area (Å²) in [6, 6.07) is 7.56. The lowest BCUT2D eigenvalue weighted by Crippen LogP contribution is -2.28. The Morgan fingerprint density at radius 2 is 2.33 bits per heavy atom. The van der Waals surface area contributed by atoms with E-state index in [-0.39, 0.29) is 11.2 Å².